The molecule has 1 N–H and O–H groups in total. The number of carbonyl (C=O) groups is 1. The van der Waals surface area contributed by atoms with Gasteiger partial charge >= 0.3 is 0 Å². The fraction of sp³-hybridized carbons (Fsp3) is 0.167. The van der Waals surface area contributed by atoms with E-state index in [0.29, 0.717) is 18.0 Å². The summed E-state index contributed by atoms with van der Waals surface area (Å²) in [6.45, 7) is 1.97. The van der Waals surface area contributed by atoms with Gasteiger partial charge in [-0.2, -0.15) is 5.11 Å². The zero-order valence-corrected chi connectivity index (χ0v) is 13.1. The van der Waals surface area contributed by atoms with Crippen molar-refractivity contribution >= 4 is 23.1 Å². The van der Waals surface area contributed by atoms with Crippen LogP contribution in [0.1, 0.15) is 29.2 Å². The predicted molar refractivity (Wildman–Crippen MR) is 92.4 cm³/mol. The van der Waals surface area contributed by atoms with Crippen LogP contribution < -0.4 is 5.32 Å². The Kier molecular flexibility index (Phi) is 3.49. The van der Waals surface area contributed by atoms with Crippen LogP contribution in [0, 0.1) is 6.92 Å². The van der Waals surface area contributed by atoms with Crippen LogP contribution in [0.4, 0.5) is 5.69 Å². The molecule has 0 saturated carbocycles. The van der Waals surface area contributed by atoms with E-state index in [1.54, 1.807) is 0 Å². The summed E-state index contributed by atoms with van der Waals surface area (Å²) in [7, 11) is 0. The van der Waals surface area contributed by atoms with E-state index in [2.05, 4.69) is 25.7 Å². The Morgan fingerprint density at radius 3 is 2.79 bits per heavy atom. The first-order chi connectivity index (χ1) is 11.7. The van der Waals surface area contributed by atoms with Gasteiger partial charge in [-0.1, -0.05) is 42.0 Å². The maximum Gasteiger partial charge on any atom is 0.276 e. The molecule has 4 rings (SSSR count). The normalized spacial score (nSPS) is 22.2. The van der Waals surface area contributed by atoms with E-state index in [4.69, 9.17) is 0 Å². The topological polar surface area (TPSA) is 78.5 Å². The second-order valence-corrected chi connectivity index (χ2v) is 5.81. The second-order valence-electron chi connectivity index (χ2n) is 5.81. The lowest BCUT2D eigenvalue weighted by atomic mass is 10.1. The van der Waals surface area contributed by atoms with Gasteiger partial charge in [0.05, 0.1) is 5.69 Å². The smallest absolute Gasteiger partial charge is 0.276 e. The fourth-order valence-corrected chi connectivity index (χ4v) is 2.79. The molecule has 0 fully saturated rings. The van der Waals surface area contributed by atoms with Crippen molar-refractivity contribution in [1.29, 1.82) is 0 Å². The van der Waals surface area contributed by atoms with E-state index in [1.165, 1.54) is 0 Å². The first-order valence-electron chi connectivity index (χ1n) is 7.73. The summed E-state index contributed by atoms with van der Waals surface area (Å²) in [5.41, 5.74) is 4.02. The number of carbonyl (C=O) groups excluding carboxylic acids is 1. The zero-order valence-electron chi connectivity index (χ0n) is 13.1. The third-order valence-corrected chi connectivity index (χ3v) is 4.03. The summed E-state index contributed by atoms with van der Waals surface area (Å²) in [5.74, 6) is 0.291. The van der Waals surface area contributed by atoms with E-state index in [1.807, 2.05) is 55.5 Å². The Labute approximate surface area is 139 Å². The van der Waals surface area contributed by atoms with E-state index in [-0.39, 0.29) is 11.9 Å². The molecule has 0 aliphatic carbocycles. The molecule has 2 aliphatic heterocycles. The van der Waals surface area contributed by atoms with Crippen molar-refractivity contribution in [3.05, 3.63) is 65.2 Å². The molecule has 2 heterocycles. The lowest BCUT2D eigenvalue weighted by Gasteiger charge is -2.03. The van der Waals surface area contributed by atoms with E-state index < -0.39 is 0 Å². The van der Waals surface area contributed by atoms with Crippen molar-refractivity contribution in [2.24, 2.45) is 20.4 Å². The number of nitrogens with zero attached hydrogens (tertiary/aromatic N) is 4. The Balaban J connectivity index is 1.58. The number of hydrogen-bond donors (Lipinski definition) is 1. The van der Waals surface area contributed by atoms with Gasteiger partial charge in [0.2, 0.25) is 0 Å². The van der Waals surface area contributed by atoms with Gasteiger partial charge in [-0.05, 0) is 24.6 Å². The molecule has 1 amide bonds. The third-order valence-electron chi connectivity index (χ3n) is 4.03. The van der Waals surface area contributed by atoms with Gasteiger partial charge in [-0.15, -0.1) is 15.3 Å². The molecular weight excluding hydrogens is 302 g/mol. The summed E-state index contributed by atoms with van der Waals surface area (Å²) in [4.78, 5) is 12.1. The van der Waals surface area contributed by atoms with Crippen molar-refractivity contribution in [3.63, 3.8) is 0 Å². The maximum absolute atomic E-state index is 12.1. The standard InChI is InChI=1S/C18H15N5O/c1-11-7-8-14-13(9-11)17(18(24)19-14)23-22-16-10-15(20-21-16)12-5-3-2-4-6-12/h2-9,15H,10H2,1H3,(H,19,23,24)/b22-16-/t15-/m0/s1. The molecule has 118 valence electrons. The zero-order chi connectivity index (χ0) is 16.5. The van der Waals surface area contributed by atoms with Gasteiger partial charge in [-0.25, -0.2) is 0 Å². The molecule has 2 aromatic rings. The van der Waals surface area contributed by atoms with Crippen molar-refractivity contribution in [2.45, 2.75) is 19.4 Å². The van der Waals surface area contributed by atoms with E-state index >= 15 is 0 Å². The number of aryl methyl sites for hydroxylation is 1. The molecule has 6 heteroatoms. The van der Waals surface area contributed by atoms with Gasteiger partial charge in [0.25, 0.3) is 5.91 Å². The van der Waals surface area contributed by atoms with Crippen molar-refractivity contribution in [3.8, 4) is 0 Å². The summed E-state index contributed by atoms with van der Waals surface area (Å²) in [6, 6.07) is 15.7. The largest absolute Gasteiger partial charge is 0.320 e. The van der Waals surface area contributed by atoms with Crippen LogP contribution >= 0.6 is 0 Å². The molecule has 0 spiro atoms. The van der Waals surface area contributed by atoms with Crippen LogP contribution in [0.25, 0.3) is 0 Å². The number of nitrogens with one attached hydrogen (secondary N) is 1. The Bertz CT molecular complexity index is 899. The molecule has 24 heavy (non-hydrogen) atoms. The highest BCUT2D eigenvalue weighted by molar-refractivity contribution is 6.53. The monoisotopic (exact) mass is 317 g/mol. The Morgan fingerprint density at radius 2 is 1.96 bits per heavy atom. The molecule has 0 unspecified atom stereocenters. The quantitative estimate of drug-likeness (QED) is 0.843. The molecule has 1 atom stereocenters. The number of hydrogen-bond acceptors (Lipinski definition) is 4. The van der Waals surface area contributed by atoms with Crippen molar-refractivity contribution < 1.29 is 4.79 Å². The van der Waals surface area contributed by atoms with Crippen LogP contribution in [0.2, 0.25) is 0 Å². The first-order valence-corrected chi connectivity index (χ1v) is 7.73. The number of benzene rings is 2. The Hall–Kier alpha value is -3.15. The minimum Gasteiger partial charge on any atom is -0.320 e. The first kappa shape index (κ1) is 14.4. The number of amidine groups is 1. The van der Waals surface area contributed by atoms with Crippen LogP contribution in [-0.4, -0.2) is 17.5 Å². The third kappa shape index (κ3) is 2.62. The average molecular weight is 317 g/mol. The summed E-state index contributed by atoms with van der Waals surface area (Å²) >= 11 is 0. The minimum absolute atomic E-state index is 0.0305. The van der Waals surface area contributed by atoms with E-state index in [9.17, 15) is 4.79 Å². The lowest BCUT2D eigenvalue weighted by molar-refractivity contribution is -0.110. The molecule has 2 aromatic carbocycles. The Morgan fingerprint density at radius 1 is 1.12 bits per heavy atom. The van der Waals surface area contributed by atoms with Gasteiger partial charge < -0.3 is 5.32 Å². The van der Waals surface area contributed by atoms with Crippen molar-refractivity contribution in [2.75, 3.05) is 5.32 Å². The fourth-order valence-electron chi connectivity index (χ4n) is 2.79. The molecule has 6 nitrogen and oxygen atoms in total. The van der Waals surface area contributed by atoms with Crippen molar-refractivity contribution in [1.82, 2.24) is 0 Å². The van der Waals surface area contributed by atoms with E-state index in [0.717, 1.165) is 22.4 Å². The minimum atomic E-state index is -0.241. The van der Waals surface area contributed by atoms with Crippen LogP contribution in [0.3, 0.4) is 0 Å². The SMILES string of the molecule is Cc1ccc2c(c1)/C(=N/N=C1/C[C@@H](c3ccccc3)N=N1)C(=O)N2. The maximum atomic E-state index is 12.1. The summed E-state index contributed by atoms with van der Waals surface area (Å²) in [6.07, 6.45) is 0.586. The number of azo groups is 1. The van der Waals surface area contributed by atoms with Gasteiger partial charge in [0, 0.05) is 12.0 Å². The highest BCUT2D eigenvalue weighted by Gasteiger charge is 2.26. The summed E-state index contributed by atoms with van der Waals surface area (Å²) in [5, 5.41) is 19.4. The highest BCUT2D eigenvalue weighted by atomic mass is 16.2. The molecular formula is C18H15N5O. The number of anilines is 1. The second kappa shape index (κ2) is 5.81. The van der Waals surface area contributed by atoms with Gasteiger partial charge in [-0.3, -0.25) is 4.79 Å². The molecule has 0 aromatic heterocycles. The molecule has 0 saturated heterocycles. The van der Waals surface area contributed by atoms with Crippen LogP contribution in [0.15, 0.2) is 69.0 Å². The number of fused-ring (bicyclic) bond motifs is 1. The van der Waals surface area contributed by atoms with Crippen LogP contribution in [0.5, 0.6) is 0 Å². The molecule has 0 radical (unpaired) electrons. The highest BCUT2D eigenvalue weighted by Crippen LogP contribution is 2.28. The van der Waals surface area contributed by atoms with Crippen LogP contribution in [-0.2, 0) is 4.79 Å². The predicted octanol–water partition coefficient (Wildman–Crippen LogP) is 3.65. The number of rotatable bonds is 2. The average Bonchev–Trinajstić information content (AvgIpc) is 3.18. The van der Waals surface area contributed by atoms with Gasteiger partial charge in [0.15, 0.2) is 11.5 Å². The molecule has 0 bridgehead atoms. The summed E-state index contributed by atoms with van der Waals surface area (Å²) < 4.78 is 0. The lowest BCUT2D eigenvalue weighted by Crippen LogP contribution is -2.14. The van der Waals surface area contributed by atoms with Gasteiger partial charge in [0.1, 0.15) is 6.04 Å². The number of amides is 1. The molecule has 2 aliphatic rings.